The van der Waals surface area contributed by atoms with Crippen LogP contribution in [0, 0.1) is 13.8 Å². The van der Waals surface area contributed by atoms with E-state index in [9.17, 15) is 14.4 Å². The molecular formula is C23H28N4O3S. The van der Waals surface area contributed by atoms with Gasteiger partial charge in [-0.1, -0.05) is 26.0 Å². The molecule has 0 fully saturated rings. The lowest BCUT2D eigenvalue weighted by Crippen LogP contribution is -2.34. The number of nitrogens with one attached hydrogen (secondary N) is 1. The van der Waals surface area contributed by atoms with Crippen molar-refractivity contribution in [2.75, 3.05) is 18.4 Å². The second kappa shape index (κ2) is 9.53. The number of anilines is 1. The summed E-state index contributed by atoms with van der Waals surface area (Å²) >= 11 is 1.51. The Labute approximate surface area is 185 Å². The molecule has 31 heavy (non-hydrogen) atoms. The topological polar surface area (TPSA) is 84.3 Å². The maximum absolute atomic E-state index is 13.4. The van der Waals surface area contributed by atoms with Gasteiger partial charge in [-0.3, -0.25) is 23.9 Å². The van der Waals surface area contributed by atoms with Crippen LogP contribution in [-0.4, -0.2) is 39.2 Å². The minimum atomic E-state index is -0.339. The highest BCUT2D eigenvalue weighted by atomic mass is 32.1. The number of carbonyl (C=O) groups excluding carboxylic acids is 2. The first-order valence-electron chi connectivity index (χ1n) is 10.4. The van der Waals surface area contributed by atoms with Crippen molar-refractivity contribution in [2.24, 2.45) is 0 Å². The number of fused-ring (bicyclic) bond motifs is 1. The molecule has 2 heterocycles. The van der Waals surface area contributed by atoms with Crippen molar-refractivity contribution in [2.45, 2.75) is 47.7 Å². The molecule has 0 atom stereocenters. The lowest BCUT2D eigenvalue weighted by molar-refractivity contribution is -0.116. The number of nitrogens with zero attached hydrogens (tertiary/aromatic N) is 3. The van der Waals surface area contributed by atoms with E-state index in [-0.39, 0.29) is 23.8 Å². The van der Waals surface area contributed by atoms with E-state index in [0.29, 0.717) is 33.8 Å². The Hall–Kier alpha value is -2.84. The molecule has 7 nitrogen and oxygen atoms in total. The Balaban J connectivity index is 1.98. The van der Waals surface area contributed by atoms with E-state index in [2.05, 4.69) is 24.1 Å². The van der Waals surface area contributed by atoms with Crippen LogP contribution < -0.4 is 10.9 Å². The zero-order valence-electron chi connectivity index (χ0n) is 18.6. The second-order valence-electron chi connectivity index (χ2n) is 7.53. The minimum absolute atomic E-state index is 0.0771. The number of benzene rings is 1. The SMILES string of the molecule is CCN(CC)Cc1nc2sc(C)c(C)c2c(=O)n1CC(=O)Nc1cccc(C(C)=O)c1. The van der Waals surface area contributed by atoms with Gasteiger partial charge in [0.2, 0.25) is 5.91 Å². The van der Waals surface area contributed by atoms with Gasteiger partial charge in [-0.25, -0.2) is 4.98 Å². The predicted octanol–water partition coefficient (Wildman–Crippen LogP) is 3.76. The van der Waals surface area contributed by atoms with E-state index >= 15 is 0 Å². The molecule has 0 saturated heterocycles. The van der Waals surface area contributed by atoms with Crippen LogP contribution in [0.3, 0.4) is 0 Å². The zero-order chi connectivity index (χ0) is 22.7. The summed E-state index contributed by atoms with van der Waals surface area (Å²) in [6.45, 7) is 11.5. The third kappa shape index (κ3) is 4.91. The molecule has 1 N–H and O–H groups in total. The number of Topliss-reactive ketones (excluding diaryl/α,β-unsaturated/α-hetero) is 1. The van der Waals surface area contributed by atoms with Gasteiger partial charge < -0.3 is 5.32 Å². The smallest absolute Gasteiger partial charge is 0.263 e. The standard InChI is InChI=1S/C23H28N4O3S/c1-6-26(7-2)12-19-25-22-21(14(3)16(5)31-22)23(30)27(19)13-20(29)24-18-10-8-9-17(11-18)15(4)28/h8-11H,6-7,12-13H2,1-5H3,(H,24,29). The molecule has 0 aliphatic rings. The van der Waals surface area contributed by atoms with Gasteiger partial charge in [0.05, 0.1) is 11.9 Å². The molecule has 8 heteroatoms. The second-order valence-corrected chi connectivity index (χ2v) is 8.73. The van der Waals surface area contributed by atoms with E-state index in [4.69, 9.17) is 4.98 Å². The molecular weight excluding hydrogens is 412 g/mol. The van der Waals surface area contributed by atoms with E-state index in [1.165, 1.54) is 22.8 Å². The Kier molecular flexibility index (Phi) is 7.02. The van der Waals surface area contributed by atoms with E-state index in [1.807, 2.05) is 13.8 Å². The molecule has 0 aliphatic carbocycles. The number of hydrogen-bond acceptors (Lipinski definition) is 6. The highest BCUT2D eigenvalue weighted by Gasteiger charge is 2.19. The fourth-order valence-electron chi connectivity index (χ4n) is 3.46. The molecule has 0 spiro atoms. The lowest BCUT2D eigenvalue weighted by Gasteiger charge is -2.20. The van der Waals surface area contributed by atoms with Crippen LogP contribution in [0.2, 0.25) is 0 Å². The van der Waals surface area contributed by atoms with Crippen LogP contribution in [-0.2, 0) is 17.9 Å². The summed E-state index contributed by atoms with van der Waals surface area (Å²) in [6, 6.07) is 6.77. The first-order chi connectivity index (χ1) is 14.7. The molecule has 0 saturated carbocycles. The molecule has 0 radical (unpaired) electrons. The van der Waals surface area contributed by atoms with Crippen molar-refractivity contribution in [3.8, 4) is 0 Å². The fourth-order valence-corrected chi connectivity index (χ4v) is 4.50. The summed E-state index contributed by atoms with van der Waals surface area (Å²) in [5, 5.41) is 3.38. The van der Waals surface area contributed by atoms with E-state index in [0.717, 1.165) is 23.5 Å². The van der Waals surface area contributed by atoms with E-state index in [1.54, 1.807) is 24.3 Å². The number of amides is 1. The number of hydrogen-bond donors (Lipinski definition) is 1. The molecule has 0 unspecified atom stereocenters. The molecule has 1 amide bonds. The molecule has 1 aromatic carbocycles. The number of ketones is 1. The Morgan fingerprint density at radius 2 is 1.90 bits per heavy atom. The number of carbonyl (C=O) groups is 2. The average molecular weight is 441 g/mol. The van der Waals surface area contributed by atoms with Gasteiger partial charge in [0.1, 0.15) is 17.2 Å². The summed E-state index contributed by atoms with van der Waals surface area (Å²) in [7, 11) is 0. The van der Waals surface area contributed by atoms with Crippen LogP contribution in [0.1, 0.15) is 47.4 Å². The van der Waals surface area contributed by atoms with Gasteiger partial charge >= 0.3 is 0 Å². The molecule has 0 aliphatic heterocycles. The quantitative estimate of drug-likeness (QED) is 0.539. The van der Waals surface area contributed by atoms with Crippen LogP contribution in [0.5, 0.6) is 0 Å². The Morgan fingerprint density at radius 1 is 1.19 bits per heavy atom. The van der Waals surface area contributed by atoms with Crippen LogP contribution >= 0.6 is 11.3 Å². The summed E-state index contributed by atoms with van der Waals surface area (Å²) in [5.41, 5.74) is 1.76. The van der Waals surface area contributed by atoms with Crippen molar-refractivity contribution < 1.29 is 9.59 Å². The summed E-state index contributed by atoms with van der Waals surface area (Å²) < 4.78 is 1.48. The monoisotopic (exact) mass is 440 g/mol. The lowest BCUT2D eigenvalue weighted by atomic mass is 10.1. The highest BCUT2D eigenvalue weighted by molar-refractivity contribution is 7.18. The average Bonchev–Trinajstić information content (AvgIpc) is 3.02. The predicted molar refractivity (Wildman–Crippen MR) is 125 cm³/mol. The van der Waals surface area contributed by atoms with Gasteiger partial charge in [0.25, 0.3) is 5.56 Å². The number of aromatic nitrogens is 2. The van der Waals surface area contributed by atoms with Crippen molar-refractivity contribution in [3.05, 3.63) is 56.4 Å². The van der Waals surface area contributed by atoms with Crippen molar-refractivity contribution >= 4 is 38.9 Å². The summed E-state index contributed by atoms with van der Waals surface area (Å²) in [6.07, 6.45) is 0. The third-order valence-corrected chi connectivity index (χ3v) is 6.58. The Morgan fingerprint density at radius 3 is 2.55 bits per heavy atom. The van der Waals surface area contributed by atoms with Gasteiger partial charge in [0.15, 0.2) is 5.78 Å². The van der Waals surface area contributed by atoms with Crippen molar-refractivity contribution in [1.29, 1.82) is 0 Å². The van der Waals surface area contributed by atoms with Gasteiger partial charge in [-0.2, -0.15) is 0 Å². The van der Waals surface area contributed by atoms with Gasteiger partial charge in [-0.05, 0) is 51.6 Å². The zero-order valence-corrected chi connectivity index (χ0v) is 19.4. The molecule has 3 aromatic rings. The van der Waals surface area contributed by atoms with E-state index < -0.39 is 0 Å². The molecule has 3 rings (SSSR count). The fraction of sp³-hybridized carbons (Fsp3) is 0.391. The van der Waals surface area contributed by atoms with Crippen LogP contribution in [0.15, 0.2) is 29.1 Å². The summed E-state index contributed by atoms with van der Waals surface area (Å²) in [5.74, 6) is 0.163. The summed E-state index contributed by atoms with van der Waals surface area (Å²) in [4.78, 5) is 46.5. The van der Waals surface area contributed by atoms with Gasteiger partial charge in [0, 0.05) is 16.1 Å². The Bertz CT molecular complexity index is 1190. The first kappa shape index (κ1) is 22.8. The third-order valence-electron chi connectivity index (χ3n) is 5.48. The molecule has 0 bridgehead atoms. The van der Waals surface area contributed by atoms with Crippen LogP contribution in [0.25, 0.3) is 10.2 Å². The molecule has 2 aromatic heterocycles. The number of rotatable bonds is 8. The number of aryl methyl sites for hydroxylation is 2. The minimum Gasteiger partial charge on any atom is -0.325 e. The van der Waals surface area contributed by atoms with Crippen molar-refractivity contribution in [1.82, 2.24) is 14.5 Å². The van der Waals surface area contributed by atoms with Crippen LogP contribution in [0.4, 0.5) is 5.69 Å². The highest BCUT2D eigenvalue weighted by Crippen LogP contribution is 2.26. The maximum atomic E-state index is 13.4. The maximum Gasteiger partial charge on any atom is 0.263 e. The van der Waals surface area contributed by atoms with Crippen molar-refractivity contribution in [3.63, 3.8) is 0 Å². The molecule has 164 valence electrons. The largest absolute Gasteiger partial charge is 0.325 e. The van der Waals surface area contributed by atoms with Gasteiger partial charge in [-0.15, -0.1) is 11.3 Å². The first-order valence-corrected chi connectivity index (χ1v) is 11.2. The normalized spacial score (nSPS) is 11.3. The number of thiophene rings is 1.